The fraction of sp³-hybridized carbons (Fsp3) is 0.931. The molecular weight excluding hydrogens is 424 g/mol. The molecule has 0 fully saturated rings. The van der Waals surface area contributed by atoms with Crippen LogP contribution in [0.5, 0.6) is 0 Å². The van der Waals surface area contributed by atoms with Crippen molar-refractivity contribution in [1.29, 1.82) is 0 Å². The number of hydrogen-bond donors (Lipinski definition) is 2. The number of unbranched alkanes of at least 4 members (excludes halogenated alkanes) is 17. The van der Waals surface area contributed by atoms with Crippen LogP contribution >= 0.6 is 0 Å². The average molecular weight is 483 g/mol. The molecule has 1 amide bonds. The third-order valence-corrected chi connectivity index (χ3v) is 6.52. The van der Waals surface area contributed by atoms with Gasteiger partial charge >= 0.3 is 5.97 Å². The summed E-state index contributed by atoms with van der Waals surface area (Å²) in [6.07, 6.45) is 26.1. The fourth-order valence-corrected chi connectivity index (χ4v) is 4.32. The Morgan fingerprint density at radius 1 is 0.647 bits per heavy atom. The fourth-order valence-electron chi connectivity index (χ4n) is 4.32. The van der Waals surface area contributed by atoms with Gasteiger partial charge in [-0.3, -0.25) is 4.79 Å². The Hall–Kier alpha value is -1.10. The molecule has 0 spiro atoms. The van der Waals surface area contributed by atoms with E-state index < -0.39 is 6.04 Å². The van der Waals surface area contributed by atoms with Crippen LogP contribution in [-0.4, -0.2) is 31.1 Å². The quantitative estimate of drug-likeness (QED) is 0.0982. The number of rotatable bonds is 26. The van der Waals surface area contributed by atoms with Crippen molar-refractivity contribution in [1.82, 2.24) is 5.32 Å². The van der Waals surface area contributed by atoms with Crippen LogP contribution < -0.4 is 11.1 Å². The van der Waals surface area contributed by atoms with Crippen molar-refractivity contribution < 1.29 is 14.3 Å². The highest BCUT2D eigenvalue weighted by molar-refractivity contribution is 5.84. The summed E-state index contributed by atoms with van der Waals surface area (Å²) in [5.74, 6) is -0.346. The van der Waals surface area contributed by atoms with E-state index in [1.807, 2.05) is 6.92 Å². The lowest BCUT2D eigenvalue weighted by atomic mass is 10.0. The average Bonchev–Trinajstić information content (AvgIpc) is 2.83. The predicted molar refractivity (Wildman–Crippen MR) is 145 cm³/mol. The Morgan fingerprint density at radius 3 is 1.56 bits per heavy atom. The summed E-state index contributed by atoms with van der Waals surface area (Å²) in [6, 6.07) is -0.531. The van der Waals surface area contributed by atoms with E-state index in [0.29, 0.717) is 26.0 Å². The van der Waals surface area contributed by atoms with Gasteiger partial charge in [0.1, 0.15) is 6.04 Å². The molecule has 0 rings (SSSR count). The van der Waals surface area contributed by atoms with Crippen molar-refractivity contribution in [2.24, 2.45) is 5.73 Å². The molecular formula is C29H58N2O3. The third-order valence-electron chi connectivity index (χ3n) is 6.52. The van der Waals surface area contributed by atoms with E-state index in [-0.39, 0.29) is 11.9 Å². The molecule has 34 heavy (non-hydrogen) atoms. The van der Waals surface area contributed by atoms with Crippen LogP contribution in [0.25, 0.3) is 0 Å². The molecule has 202 valence electrons. The van der Waals surface area contributed by atoms with Crippen LogP contribution in [0, 0.1) is 0 Å². The SMILES string of the molecule is CCCCCCCCCCCCCCCCCCCC(=O)N[C@@H](CCCCN)C(=O)OCCC. The second-order valence-electron chi connectivity index (χ2n) is 9.98. The van der Waals surface area contributed by atoms with Gasteiger partial charge in [-0.25, -0.2) is 4.79 Å². The van der Waals surface area contributed by atoms with Crippen molar-refractivity contribution in [2.45, 2.75) is 161 Å². The third kappa shape index (κ3) is 22.7. The minimum atomic E-state index is -0.531. The summed E-state index contributed by atoms with van der Waals surface area (Å²) in [4.78, 5) is 24.5. The molecule has 1 atom stereocenters. The van der Waals surface area contributed by atoms with Gasteiger partial charge in [-0.15, -0.1) is 0 Å². The van der Waals surface area contributed by atoms with E-state index in [9.17, 15) is 9.59 Å². The van der Waals surface area contributed by atoms with Gasteiger partial charge in [-0.2, -0.15) is 0 Å². The molecule has 0 aromatic rings. The molecule has 0 radical (unpaired) electrons. The van der Waals surface area contributed by atoms with Crippen LogP contribution in [0.2, 0.25) is 0 Å². The first-order valence-electron chi connectivity index (χ1n) is 14.8. The monoisotopic (exact) mass is 482 g/mol. The van der Waals surface area contributed by atoms with Crippen LogP contribution in [0.4, 0.5) is 0 Å². The number of amides is 1. The zero-order chi connectivity index (χ0) is 25.1. The van der Waals surface area contributed by atoms with Crippen LogP contribution in [0.3, 0.4) is 0 Å². The van der Waals surface area contributed by atoms with E-state index in [0.717, 1.165) is 32.1 Å². The highest BCUT2D eigenvalue weighted by Gasteiger charge is 2.21. The highest BCUT2D eigenvalue weighted by atomic mass is 16.5. The molecule has 0 saturated heterocycles. The largest absolute Gasteiger partial charge is 0.464 e. The summed E-state index contributed by atoms with van der Waals surface area (Å²) >= 11 is 0. The standard InChI is InChI=1S/C29H58N2O3/c1-3-5-6-7-8-9-10-11-12-13-14-15-16-17-18-19-20-24-28(32)31-27(23-21-22-25-30)29(33)34-26-4-2/h27H,3-26,30H2,1-2H3,(H,31,32)/t27-/m0/s1. The molecule has 0 aliphatic carbocycles. The Morgan fingerprint density at radius 2 is 1.12 bits per heavy atom. The van der Waals surface area contributed by atoms with E-state index in [1.165, 1.54) is 96.3 Å². The Balaban J connectivity index is 3.59. The second-order valence-corrected chi connectivity index (χ2v) is 9.98. The zero-order valence-electron chi connectivity index (χ0n) is 22.9. The first-order valence-corrected chi connectivity index (χ1v) is 14.8. The van der Waals surface area contributed by atoms with Crippen LogP contribution in [0.15, 0.2) is 0 Å². The van der Waals surface area contributed by atoms with Gasteiger partial charge in [0.25, 0.3) is 0 Å². The summed E-state index contributed by atoms with van der Waals surface area (Å²) < 4.78 is 5.24. The molecule has 0 aromatic heterocycles. The van der Waals surface area contributed by atoms with Crippen molar-refractivity contribution in [3.05, 3.63) is 0 Å². The Bertz CT molecular complexity index is 457. The van der Waals surface area contributed by atoms with Gasteiger partial charge in [-0.1, -0.05) is 117 Å². The van der Waals surface area contributed by atoms with Crippen LogP contribution in [-0.2, 0) is 14.3 Å². The molecule has 0 heterocycles. The van der Waals surface area contributed by atoms with E-state index in [2.05, 4.69) is 12.2 Å². The number of ether oxygens (including phenoxy) is 1. The van der Waals surface area contributed by atoms with Gasteiger partial charge in [0.15, 0.2) is 0 Å². The van der Waals surface area contributed by atoms with Gasteiger partial charge in [0.2, 0.25) is 5.91 Å². The van der Waals surface area contributed by atoms with Crippen molar-refractivity contribution >= 4 is 11.9 Å². The lowest BCUT2D eigenvalue weighted by Gasteiger charge is -2.17. The number of nitrogens with two attached hydrogens (primary N) is 1. The Kier molecular flexibility index (Phi) is 25.6. The first kappa shape index (κ1) is 32.9. The summed E-state index contributed by atoms with van der Waals surface area (Å²) in [7, 11) is 0. The first-order chi connectivity index (χ1) is 16.7. The van der Waals surface area contributed by atoms with Crippen LogP contribution in [0.1, 0.15) is 155 Å². The molecule has 5 nitrogen and oxygen atoms in total. The van der Waals surface area contributed by atoms with Crippen molar-refractivity contribution in [3.63, 3.8) is 0 Å². The molecule has 0 bridgehead atoms. The van der Waals surface area contributed by atoms with Gasteiger partial charge < -0.3 is 15.8 Å². The molecule has 0 aromatic carbocycles. The predicted octanol–water partition coefficient (Wildman–Crippen LogP) is 7.60. The van der Waals surface area contributed by atoms with E-state index in [4.69, 9.17) is 10.5 Å². The van der Waals surface area contributed by atoms with E-state index >= 15 is 0 Å². The van der Waals surface area contributed by atoms with Crippen molar-refractivity contribution in [2.75, 3.05) is 13.2 Å². The molecule has 3 N–H and O–H groups in total. The highest BCUT2D eigenvalue weighted by Crippen LogP contribution is 2.14. The van der Waals surface area contributed by atoms with Crippen molar-refractivity contribution in [3.8, 4) is 0 Å². The lowest BCUT2D eigenvalue weighted by molar-refractivity contribution is -0.148. The van der Waals surface area contributed by atoms with E-state index in [1.54, 1.807) is 0 Å². The number of hydrogen-bond acceptors (Lipinski definition) is 4. The molecule has 0 saturated carbocycles. The van der Waals surface area contributed by atoms with Gasteiger partial charge in [-0.05, 0) is 38.6 Å². The number of nitrogens with one attached hydrogen (secondary N) is 1. The maximum absolute atomic E-state index is 12.3. The number of carbonyl (C=O) groups is 2. The smallest absolute Gasteiger partial charge is 0.328 e. The van der Waals surface area contributed by atoms with Gasteiger partial charge in [0, 0.05) is 6.42 Å². The lowest BCUT2D eigenvalue weighted by Crippen LogP contribution is -2.42. The summed E-state index contributed by atoms with van der Waals surface area (Å²) in [6.45, 7) is 5.25. The maximum atomic E-state index is 12.3. The Labute approximate surface area is 211 Å². The minimum absolute atomic E-state index is 0.0350. The molecule has 0 aliphatic rings. The number of esters is 1. The number of carbonyl (C=O) groups excluding carboxylic acids is 2. The minimum Gasteiger partial charge on any atom is -0.464 e. The van der Waals surface area contributed by atoms with Gasteiger partial charge in [0.05, 0.1) is 6.61 Å². The maximum Gasteiger partial charge on any atom is 0.328 e. The zero-order valence-corrected chi connectivity index (χ0v) is 22.9. The molecule has 0 unspecified atom stereocenters. The molecule has 5 heteroatoms. The topological polar surface area (TPSA) is 81.4 Å². The summed E-state index contributed by atoms with van der Waals surface area (Å²) in [5, 5.41) is 2.88. The summed E-state index contributed by atoms with van der Waals surface area (Å²) in [5.41, 5.74) is 5.55. The normalized spacial score (nSPS) is 12.0. The molecule has 0 aliphatic heterocycles. The second kappa shape index (κ2) is 26.5.